The molecule has 0 saturated carbocycles. The maximum Gasteiger partial charge on any atom is 0.258 e. The van der Waals surface area contributed by atoms with Crippen LogP contribution in [0.3, 0.4) is 0 Å². The first kappa shape index (κ1) is 22.4. The number of hydrogen-bond acceptors (Lipinski definition) is 6. The van der Waals surface area contributed by atoms with Crippen LogP contribution in [0.2, 0.25) is 0 Å². The Labute approximate surface area is 189 Å². The molecule has 2 fully saturated rings. The first-order valence-corrected chi connectivity index (χ1v) is 10.7. The van der Waals surface area contributed by atoms with E-state index in [0.29, 0.717) is 28.6 Å². The molecule has 32 heavy (non-hydrogen) atoms. The summed E-state index contributed by atoms with van der Waals surface area (Å²) in [7, 11) is 0. The summed E-state index contributed by atoms with van der Waals surface area (Å²) >= 11 is 6.18. The van der Waals surface area contributed by atoms with Crippen molar-refractivity contribution in [2.45, 2.75) is 32.5 Å². The zero-order valence-electron chi connectivity index (χ0n) is 17.8. The molecule has 0 aromatic heterocycles. The monoisotopic (exact) mass is 463 g/mol. The van der Waals surface area contributed by atoms with Gasteiger partial charge in [-0.15, -0.1) is 0 Å². The number of benzene rings is 1. The number of carbonyl (C=O) groups excluding carboxylic acids is 1. The van der Waals surface area contributed by atoms with Crippen LogP contribution in [-0.2, 0) is 0 Å². The number of carbonyl (C=O) groups is 1. The standard InChI is InChI=1S/C22H24ClF2N5O2/c1-11-20(23)12(2)29-21(28-11)17-8-30(9-18(17)26)22(31)16-4-3-13(24)6-19(16)32-10-15-5-14(25)7-27-15/h3-4,6,14-15,26-28H,5,7-10H2,1-2H3/b21-17+,26-18?/t14-,15-/m1/s1. The Hall–Kier alpha value is -2.78. The lowest BCUT2D eigenvalue weighted by Crippen LogP contribution is -2.31. The van der Waals surface area contributed by atoms with E-state index in [1.54, 1.807) is 6.92 Å². The molecule has 170 valence electrons. The maximum absolute atomic E-state index is 13.9. The second kappa shape index (κ2) is 8.99. The van der Waals surface area contributed by atoms with Gasteiger partial charge in [0.15, 0.2) is 0 Å². The first-order chi connectivity index (χ1) is 15.2. The molecule has 3 N–H and O–H groups in total. The Morgan fingerprint density at radius 2 is 2.16 bits per heavy atom. The van der Waals surface area contributed by atoms with Crippen LogP contribution >= 0.6 is 11.6 Å². The van der Waals surface area contributed by atoms with Crippen molar-refractivity contribution in [3.8, 4) is 5.75 Å². The van der Waals surface area contributed by atoms with Crippen molar-refractivity contribution in [1.29, 1.82) is 5.41 Å². The summed E-state index contributed by atoms with van der Waals surface area (Å²) in [6.07, 6.45) is -0.628. The normalized spacial score (nSPS) is 25.8. The van der Waals surface area contributed by atoms with Crippen molar-refractivity contribution in [3.63, 3.8) is 0 Å². The summed E-state index contributed by atoms with van der Waals surface area (Å²) in [5.41, 5.74) is 2.40. The van der Waals surface area contributed by atoms with Crippen LogP contribution in [0.15, 0.2) is 45.3 Å². The number of likely N-dealkylation sites (tertiary alicyclic amines) is 1. The highest BCUT2D eigenvalue weighted by Gasteiger charge is 2.32. The Kier molecular flexibility index (Phi) is 6.30. The van der Waals surface area contributed by atoms with Gasteiger partial charge >= 0.3 is 0 Å². The van der Waals surface area contributed by atoms with Gasteiger partial charge in [0.2, 0.25) is 0 Å². The molecule has 0 aliphatic carbocycles. The quantitative estimate of drug-likeness (QED) is 0.640. The van der Waals surface area contributed by atoms with Gasteiger partial charge < -0.3 is 25.7 Å². The largest absolute Gasteiger partial charge is 0.491 e. The molecule has 1 amide bonds. The van der Waals surface area contributed by atoms with Crippen LogP contribution in [0.4, 0.5) is 8.78 Å². The fourth-order valence-corrected chi connectivity index (χ4v) is 4.02. The number of rotatable bonds is 4. The fraction of sp³-hybridized carbons (Fsp3) is 0.409. The Balaban J connectivity index is 1.53. The summed E-state index contributed by atoms with van der Waals surface area (Å²) in [6.45, 7) is 4.24. The van der Waals surface area contributed by atoms with E-state index in [1.165, 1.54) is 17.0 Å². The summed E-state index contributed by atoms with van der Waals surface area (Å²) < 4.78 is 33.0. The number of ether oxygens (including phenoxy) is 1. The molecule has 10 heteroatoms. The van der Waals surface area contributed by atoms with Crippen LogP contribution in [0.25, 0.3) is 0 Å². The summed E-state index contributed by atoms with van der Waals surface area (Å²) in [5.74, 6) is -0.327. The minimum atomic E-state index is -0.938. The van der Waals surface area contributed by atoms with Crippen LogP contribution < -0.4 is 15.4 Å². The van der Waals surface area contributed by atoms with E-state index in [4.69, 9.17) is 21.7 Å². The van der Waals surface area contributed by atoms with Crippen LogP contribution in [0.1, 0.15) is 30.6 Å². The minimum Gasteiger partial charge on any atom is -0.491 e. The van der Waals surface area contributed by atoms with Gasteiger partial charge in [-0.05, 0) is 32.4 Å². The molecule has 3 aliphatic heterocycles. The van der Waals surface area contributed by atoms with Crippen molar-refractivity contribution in [2.24, 2.45) is 4.99 Å². The van der Waals surface area contributed by atoms with Gasteiger partial charge in [0.25, 0.3) is 5.91 Å². The smallest absolute Gasteiger partial charge is 0.258 e. The van der Waals surface area contributed by atoms with Gasteiger partial charge in [0.1, 0.15) is 30.2 Å². The molecule has 0 radical (unpaired) electrons. The number of allylic oxidation sites excluding steroid dienone is 2. The average Bonchev–Trinajstić information content (AvgIpc) is 3.35. The van der Waals surface area contributed by atoms with Gasteiger partial charge in [-0.2, -0.15) is 0 Å². The number of alkyl halides is 1. The predicted molar refractivity (Wildman–Crippen MR) is 119 cm³/mol. The fourth-order valence-electron chi connectivity index (χ4n) is 3.93. The molecular formula is C22H24ClF2N5O2. The predicted octanol–water partition coefficient (Wildman–Crippen LogP) is 3.13. The van der Waals surface area contributed by atoms with Crippen molar-refractivity contribution in [3.05, 3.63) is 51.7 Å². The van der Waals surface area contributed by atoms with E-state index in [0.717, 1.165) is 11.8 Å². The third kappa shape index (κ3) is 4.54. The van der Waals surface area contributed by atoms with E-state index in [9.17, 15) is 13.6 Å². The summed E-state index contributed by atoms with van der Waals surface area (Å²) in [4.78, 5) is 19.1. The van der Waals surface area contributed by atoms with Crippen molar-refractivity contribution < 1.29 is 18.3 Å². The van der Waals surface area contributed by atoms with E-state index in [2.05, 4.69) is 15.6 Å². The number of nitrogens with zero attached hydrogens (tertiary/aromatic N) is 2. The minimum absolute atomic E-state index is 0.0922. The molecule has 1 aromatic rings. The number of halogens is 3. The maximum atomic E-state index is 13.9. The third-order valence-electron chi connectivity index (χ3n) is 5.65. The molecule has 0 unspecified atom stereocenters. The second-order valence-electron chi connectivity index (χ2n) is 8.12. The highest BCUT2D eigenvalue weighted by atomic mass is 35.5. The van der Waals surface area contributed by atoms with Crippen LogP contribution in [0.5, 0.6) is 5.75 Å². The average molecular weight is 464 g/mol. The SMILES string of the molecule is CC1=N/C(=C2\CN(C(=O)c3ccc(F)cc3OC[C@H]3C[C@@H](F)CN3)CC2=N)NC(C)=C1Cl. The molecule has 4 rings (SSSR count). The van der Waals surface area contributed by atoms with E-state index >= 15 is 0 Å². The third-order valence-corrected chi connectivity index (χ3v) is 6.21. The summed E-state index contributed by atoms with van der Waals surface area (Å²) in [5, 5.41) is 15.0. The topological polar surface area (TPSA) is 89.8 Å². The molecule has 3 aliphatic rings. The molecule has 1 aromatic carbocycles. The lowest BCUT2D eigenvalue weighted by molar-refractivity contribution is 0.0799. The van der Waals surface area contributed by atoms with Crippen LogP contribution in [0, 0.1) is 11.2 Å². The molecule has 3 heterocycles. The van der Waals surface area contributed by atoms with E-state index in [1.807, 2.05) is 6.92 Å². The van der Waals surface area contributed by atoms with Gasteiger partial charge in [0, 0.05) is 29.9 Å². The number of aliphatic imine (C=N–C) groups is 1. The molecule has 0 bridgehead atoms. The highest BCUT2D eigenvalue weighted by Crippen LogP contribution is 2.27. The van der Waals surface area contributed by atoms with Gasteiger partial charge in [-0.25, -0.2) is 13.8 Å². The van der Waals surface area contributed by atoms with Crippen molar-refractivity contribution in [1.82, 2.24) is 15.5 Å². The lowest BCUT2D eigenvalue weighted by Gasteiger charge is -2.20. The second-order valence-corrected chi connectivity index (χ2v) is 8.50. The van der Waals surface area contributed by atoms with E-state index in [-0.39, 0.29) is 55.2 Å². The summed E-state index contributed by atoms with van der Waals surface area (Å²) in [6, 6.07) is 3.52. The first-order valence-electron chi connectivity index (χ1n) is 10.3. The van der Waals surface area contributed by atoms with Gasteiger partial charge in [-0.3, -0.25) is 4.79 Å². The lowest BCUT2D eigenvalue weighted by atomic mass is 10.1. The molecule has 2 atom stereocenters. The Morgan fingerprint density at radius 3 is 2.84 bits per heavy atom. The zero-order chi connectivity index (χ0) is 23.0. The Morgan fingerprint density at radius 1 is 1.38 bits per heavy atom. The zero-order valence-corrected chi connectivity index (χ0v) is 18.5. The Bertz CT molecular complexity index is 1070. The number of amides is 1. The van der Waals surface area contributed by atoms with Crippen molar-refractivity contribution in [2.75, 3.05) is 26.2 Å². The highest BCUT2D eigenvalue weighted by molar-refractivity contribution is 6.43. The molecular weight excluding hydrogens is 440 g/mol. The van der Waals surface area contributed by atoms with Crippen molar-refractivity contribution >= 4 is 28.9 Å². The van der Waals surface area contributed by atoms with Gasteiger partial charge in [-0.1, -0.05) is 11.6 Å². The van der Waals surface area contributed by atoms with Gasteiger partial charge in [0.05, 0.1) is 35.1 Å². The van der Waals surface area contributed by atoms with E-state index < -0.39 is 12.0 Å². The molecule has 0 spiro atoms. The molecule has 7 nitrogen and oxygen atoms in total. The number of hydrogen-bond donors (Lipinski definition) is 3. The number of nitrogens with one attached hydrogen (secondary N) is 3. The van der Waals surface area contributed by atoms with Crippen LogP contribution in [-0.4, -0.2) is 60.7 Å². The molecule has 2 saturated heterocycles.